The van der Waals surface area contributed by atoms with Crippen molar-refractivity contribution in [3.05, 3.63) is 63.1 Å². The number of hydrogen-bond donors (Lipinski definition) is 1. The van der Waals surface area contributed by atoms with E-state index < -0.39 is 0 Å². The van der Waals surface area contributed by atoms with Crippen LogP contribution in [0.4, 0.5) is 5.69 Å². The second-order valence-corrected chi connectivity index (χ2v) is 5.78. The highest BCUT2D eigenvalue weighted by molar-refractivity contribution is 9.10. The molecule has 0 unspecified atom stereocenters. The second kappa shape index (κ2) is 7.67. The Labute approximate surface area is 133 Å². The number of halogens is 2. The second-order valence-electron chi connectivity index (χ2n) is 4.49. The zero-order valence-corrected chi connectivity index (χ0v) is 13.7. The van der Waals surface area contributed by atoms with Crippen molar-refractivity contribution in [3.8, 4) is 0 Å². The summed E-state index contributed by atoms with van der Waals surface area (Å²) in [7, 11) is 1.72. The minimum absolute atomic E-state index is 0.722. The molecule has 0 saturated heterocycles. The third kappa shape index (κ3) is 4.23. The third-order valence-corrected chi connectivity index (χ3v) is 4.08. The molecule has 0 heterocycles. The van der Waals surface area contributed by atoms with Gasteiger partial charge in [0.1, 0.15) is 0 Å². The van der Waals surface area contributed by atoms with E-state index >= 15 is 0 Å². The average molecular weight is 355 g/mol. The molecule has 0 aliphatic heterocycles. The highest BCUT2D eigenvalue weighted by Crippen LogP contribution is 2.23. The number of anilines is 1. The van der Waals surface area contributed by atoms with E-state index in [1.54, 1.807) is 7.11 Å². The van der Waals surface area contributed by atoms with Crippen LogP contribution in [0.15, 0.2) is 46.9 Å². The van der Waals surface area contributed by atoms with Crippen LogP contribution in [0.3, 0.4) is 0 Å². The molecule has 0 aromatic heterocycles. The fourth-order valence-electron chi connectivity index (χ4n) is 1.99. The molecular weight excluding hydrogens is 338 g/mol. The average Bonchev–Trinajstić information content (AvgIpc) is 2.47. The Kier molecular flexibility index (Phi) is 5.89. The molecule has 0 aliphatic rings. The SMILES string of the molecule is COCCc1ccccc1NCc1cc(Cl)ccc1Br. The first-order valence-corrected chi connectivity index (χ1v) is 7.62. The van der Waals surface area contributed by atoms with Gasteiger partial charge in [-0.05, 0) is 41.8 Å². The van der Waals surface area contributed by atoms with E-state index in [1.807, 2.05) is 30.3 Å². The minimum Gasteiger partial charge on any atom is -0.384 e. The summed E-state index contributed by atoms with van der Waals surface area (Å²) < 4.78 is 6.20. The lowest BCUT2D eigenvalue weighted by Gasteiger charge is -2.13. The van der Waals surface area contributed by atoms with Gasteiger partial charge in [0, 0.05) is 28.8 Å². The van der Waals surface area contributed by atoms with Gasteiger partial charge in [-0.3, -0.25) is 0 Å². The summed E-state index contributed by atoms with van der Waals surface area (Å²) in [6.07, 6.45) is 0.899. The number of benzene rings is 2. The quantitative estimate of drug-likeness (QED) is 0.796. The molecule has 0 bridgehead atoms. The molecule has 0 aliphatic carbocycles. The van der Waals surface area contributed by atoms with Crippen LogP contribution in [0.2, 0.25) is 5.02 Å². The summed E-state index contributed by atoms with van der Waals surface area (Å²) in [5.74, 6) is 0. The maximum atomic E-state index is 6.03. The van der Waals surface area contributed by atoms with Gasteiger partial charge < -0.3 is 10.1 Å². The largest absolute Gasteiger partial charge is 0.384 e. The summed E-state index contributed by atoms with van der Waals surface area (Å²) >= 11 is 9.58. The van der Waals surface area contributed by atoms with Gasteiger partial charge in [0.15, 0.2) is 0 Å². The maximum Gasteiger partial charge on any atom is 0.0503 e. The van der Waals surface area contributed by atoms with Gasteiger partial charge in [0.05, 0.1) is 6.61 Å². The number of hydrogen-bond acceptors (Lipinski definition) is 2. The van der Waals surface area contributed by atoms with Gasteiger partial charge in [0.25, 0.3) is 0 Å². The lowest BCUT2D eigenvalue weighted by molar-refractivity contribution is 0.202. The summed E-state index contributed by atoms with van der Waals surface area (Å²) in [4.78, 5) is 0. The molecule has 106 valence electrons. The molecule has 2 aromatic carbocycles. The Balaban J connectivity index is 2.08. The molecule has 0 radical (unpaired) electrons. The standard InChI is InChI=1S/C16H17BrClNO/c1-20-9-8-12-4-2-3-5-16(12)19-11-13-10-14(18)6-7-15(13)17/h2-7,10,19H,8-9,11H2,1H3. The number of methoxy groups -OCH3 is 1. The highest BCUT2D eigenvalue weighted by atomic mass is 79.9. The lowest BCUT2D eigenvalue weighted by Crippen LogP contribution is -2.04. The van der Waals surface area contributed by atoms with Gasteiger partial charge in [-0.15, -0.1) is 0 Å². The molecular formula is C16H17BrClNO. The smallest absolute Gasteiger partial charge is 0.0503 e. The van der Waals surface area contributed by atoms with Gasteiger partial charge in [-0.1, -0.05) is 45.7 Å². The minimum atomic E-state index is 0.722. The van der Waals surface area contributed by atoms with Crippen LogP contribution < -0.4 is 5.32 Å². The summed E-state index contributed by atoms with van der Waals surface area (Å²) in [6, 6.07) is 14.1. The molecule has 2 nitrogen and oxygen atoms in total. The van der Waals surface area contributed by atoms with E-state index in [0.29, 0.717) is 0 Å². The van der Waals surface area contributed by atoms with Crippen LogP contribution >= 0.6 is 27.5 Å². The summed E-state index contributed by atoms with van der Waals surface area (Å²) in [5.41, 5.74) is 3.53. The fourth-order valence-corrected chi connectivity index (χ4v) is 2.57. The number of para-hydroxylation sites is 1. The predicted octanol–water partition coefficient (Wildman–Crippen LogP) is 4.90. The predicted molar refractivity (Wildman–Crippen MR) is 88.5 cm³/mol. The van der Waals surface area contributed by atoms with Gasteiger partial charge in [-0.25, -0.2) is 0 Å². The molecule has 2 rings (SSSR count). The summed E-state index contributed by atoms with van der Waals surface area (Å²) in [5, 5.41) is 4.21. The zero-order valence-electron chi connectivity index (χ0n) is 11.3. The topological polar surface area (TPSA) is 21.3 Å². The Bertz CT molecular complexity index is 574. The van der Waals surface area contributed by atoms with E-state index in [2.05, 4.69) is 33.4 Å². The lowest BCUT2D eigenvalue weighted by atomic mass is 10.1. The maximum absolute atomic E-state index is 6.03. The fraction of sp³-hybridized carbons (Fsp3) is 0.250. The molecule has 0 saturated carbocycles. The molecule has 0 fully saturated rings. The molecule has 0 spiro atoms. The van der Waals surface area contributed by atoms with Crippen molar-refractivity contribution in [1.29, 1.82) is 0 Å². The van der Waals surface area contributed by atoms with Gasteiger partial charge >= 0.3 is 0 Å². The Morgan fingerprint density at radius 2 is 1.95 bits per heavy atom. The molecule has 2 aromatic rings. The molecule has 20 heavy (non-hydrogen) atoms. The third-order valence-electron chi connectivity index (χ3n) is 3.07. The van der Waals surface area contributed by atoms with Crippen molar-refractivity contribution in [2.75, 3.05) is 19.0 Å². The zero-order chi connectivity index (χ0) is 14.4. The van der Waals surface area contributed by atoms with Crippen LogP contribution in [0.5, 0.6) is 0 Å². The molecule has 0 atom stereocenters. The summed E-state index contributed by atoms with van der Waals surface area (Å²) in [6.45, 7) is 1.45. The first-order chi connectivity index (χ1) is 9.70. The van der Waals surface area contributed by atoms with Crippen molar-refractivity contribution in [1.82, 2.24) is 0 Å². The van der Waals surface area contributed by atoms with E-state index in [0.717, 1.165) is 40.3 Å². The van der Waals surface area contributed by atoms with Crippen LogP contribution in [0.25, 0.3) is 0 Å². The Morgan fingerprint density at radius 3 is 2.75 bits per heavy atom. The highest BCUT2D eigenvalue weighted by Gasteiger charge is 2.04. The van der Waals surface area contributed by atoms with Crippen molar-refractivity contribution in [2.24, 2.45) is 0 Å². The number of ether oxygens (including phenoxy) is 1. The van der Waals surface area contributed by atoms with E-state index in [1.165, 1.54) is 5.56 Å². The van der Waals surface area contributed by atoms with E-state index in [-0.39, 0.29) is 0 Å². The molecule has 0 amide bonds. The van der Waals surface area contributed by atoms with Crippen molar-refractivity contribution in [2.45, 2.75) is 13.0 Å². The Hall–Kier alpha value is -1.03. The van der Waals surface area contributed by atoms with E-state index in [9.17, 15) is 0 Å². The van der Waals surface area contributed by atoms with Crippen molar-refractivity contribution in [3.63, 3.8) is 0 Å². The van der Waals surface area contributed by atoms with Crippen LogP contribution in [-0.4, -0.2) is 13.7 Å². The van der Waals surface area contributed by atoms with Gasteiger partial charge in [-0.2, -0.15) is 0 Å². The van der Waals surface area contributed by atoms with E-state index in [4.69, 9.17) is 16.3 Å². The first kappa shape index (κ1) is 15.4. The monoisotopic (exact) mass is 353 g/mol. The number of nitrogens with one attached hydrogen (secondary N) is 1. The van der Waals surface area contributed by atoms with Crippen LogP contribution in [-0.2, 0) is 17.7 Å². The normalized spacial score (nSPS) is 10.6. The van der Waals surface area contributed by atoms with Crippen LogP contribution in [0.1, 0.15) is 11.1 Å². The first-order valence-electron chi connectivity index (χ1n) is 6.45. The van der Waals surface area contributed by atoms with Gasteiger partial charge in [0.2, 0.25) is 0 Å². The van der Waals surface area contributed by atoms with Crippen molar-refractivity contribution < 1.29 is 4.74 Å². The molecule has 4 heteroatoms. The molecule has 1 N–H and O–H groups in total. The van der Waals surface area contributed by atoms with Crippen LogP contribution in [0, 0.1) is 0 Å². The Morgan fingerprint density at radius 1 is 1.15 bits per heavy atom. The number of rotatable bonds is 6. The van der Waals surface area contributed by atoms with Crippen molar-refractivity contribution >= 4 is 33.2 Å².